The molecule has 92 valence electrons. The van der Waals surface area contributed by atoms with Gasteiger partial charge in [-0.15, -0.1) is 0 Å². The van der Waals surface area contributed by atoms with Gasteiger partial charge in [-0.2, -0.15) is 0 Å². The van der Waals surface area contributed by atoms with Gasteiger partial charge in [-0.1, -0.05) is 18.2 Å². The molecule has 1 N–H and O–H groups in total. The number of non-ortho nitro benzene ring substituents is 1. The number of aliphatic hydroxyl groups is 1. The van der Waals surface area contributed by atoms with Crippen LogP contribution in [0.1, 0.15) is 5.56 Å². The van der Waals surface area contributed by atoms with E-state index in [1.54, 1.807) is 24.3 Å². The first-order chi connectivity index (χ1) is 8.70. The molecular formula is C13H11NO4. The Bertz CT molecular complexity index is 551. The van der Waals surface area contributed by atoms with Crippen LogP contribution >= 0.6 is 0 Å². The highest BCUT2D eigenvalue weighted by Crippen LogP contribution is 2.26. The summed E-state index contributed by atoms with van der Waals surface area (Å²) in [5.41, 5.74) is 0.675. The average Bonchev–Trinajstić information content (AvgIpc) is 2.40. The monoisotopic (exact) mass is 245 g/mol. The van der Waals surface area contributed by atoms with Gasteiger partial charge in [0, 0.05) is 17.7 Å². The van der Waals surface area contributed by atoms with Crippen LogP contribution in [-0.2, 0) is 6.61 Å². The van der Waals surface area contributed by atoms with Crippen molar-refractivity contribution < 1.29 is 14.8 Å². The van der Waals surface area contributed by atoms with Crippen molar-refractivity contribution in [3.05, 3.63) is 64.2 Å². The maximum atomic E-state index is 10.5. The van der Waals surface area contributed by atoms with Gasteiger partial charge in [0.05, 0.1) is 11.5 Å². The standard InChI is InChI=1S/C13H11NO4/c15-9-10-3-1-2-4-13(10)18-12-7-5-11(6-8-12)14(16)17/h1-8,15H,9H2. The van der Waals surface area contributed by atoms with Crippen molar-refractivity contribution in [1.29, 1.82) is 0 Å². The molecule has 0 saturated heterocycles. The Morgan fingerprint density at radius 3 is 2.39 bits per heavy atom. The minimum absolute atomic E-state index is 0.0118. The maximum Gasteiger partial charge on any atom is 0.269 e. The smallest absolute Gasteiger partial charge is 0.269 e. The molecular weight excluding hydrogens is 234 g/mol. The molecule has 0 atom stereocenters. The maximum absolute atomic E-state index is 10.5. The van der Waals surface area contributed by atoms with Gasteiger partial charge in [0.2, 0.25) is 0 Å². The lowest BCUT2D eigenvalue weighted by molar-refractivity contribution is -0.384. The SMILES string of the molecule is O=[N+]([O-])c1ccc(Oc2ccccc2CO)cc1. The zero-order valence-corrected chi connectivity index (χ0v) is 9.45. The summed E-state index contributed by atoms with van der Waals surface area (Å²) >= 11 is 0. The van der Waals surface area contributed by atoms with Crippen LogP contribution in [0.25, 0.3) is 0 Å². The lowest BCUT2D eigenvalue weighted by Crippen LogP contribution is -1.92. The second kappa shape index (κ2) is 5.29. The fourth-order valence-corrected chi connectivity index (χ4v) is 1.50. The number of nitro benzene ring substituents is 1. The van der Waals surface area contributed by atoms with E-state index < -0.39 is 4.92 Å². The number of benzene rings is 2. The van der Waals surface area contributed by atoms with Gasteiger partial charge < -0.3 is 9.84 Å². The lowest BCUT2D eigenvalue weighted by atomic mass is 10.2. The molecule has 0 fully saturated rings. The van der Waals surface area contributed by atoms with E-state index in [1.807, 2.05) is 0 Å². The molecule has 0 amide bonds. The Morgan fingerprint density at radius 2 is 1.78 bits per heavy atom. The van der Waals surface area contributed by atoms with Gasteiger partial charge in [-0.05, 0) is 18.2 Å². The number of rotatable bonds is 4. The number of aliphatic hydroxyl groups excluding tert-OH is 1. The Hall–Kier alpha value is -2.40. The molecule has 0 bridgehead atoms. The van der Waals surface area contributed by atoms with Crippen molar-refractivity contribution in [2.24, 2.45) is 0 Å². The minimum Gasteiger partial charge on any atom is -0.457 e. The van der Waals surface area contributed by atoms with E-state index in [1.165, 1.54) is 24.3 Å². The second-order valence-electron chi connectivity index (χ2n) is 3.62. The second-order valence-corrected chi connectivity index (χ2v) is 3.62. The van der Waals surface area contributed by atoms with Gasteiger partial charge in [0.25, 0.3) is 5.69 Å². The first-order valence-corrected chi connectivity index (χ1v) is 5.32. The van der Waals surface area contributed by atoms with Crippen LogP contribution in [0.4, 0.5) is 5.69 Å². The first-order valence-electron chi connectivity index (χ1n) is 5.32. The fraction of sp³-hybridized carbons (Fsp3) is 0.0769. The molecule has 0 aliphatic carbocycles. The molecule has 2 rings (SSSR count). The predicted octanol–water partition coefficient (Wildman–Crippen LogP) is 2.88. The van der Waals surface area contributed by atoms with Crippen molar-refractivity contribution in [3.8, 4) is 11.5 Å². The molecule has 0 saturated carbocycles. The van der Waals surface area contributed by atoms with Crippen LogP contribution in [0.2, 0.25) is 0 Å². The third-order valence-electron chi connectivity index (χ3n) is 2.42. The highest BCUT2D eigenvalue weighted by Gasteiger charge is 2.06. The Morgan fingerprint density at radius 1 is 1.11 bits per heavy atom. The van der Waals surface area contributed by atoms with Gasteiger partial charge in [0.15, 0.2) is 0 Å². The zero-order valence-electron chi connectivity index (χ0n) is 9.45. The van der Waals surface area contributed by atoms with Crippen LogP contribution < -0.4 is 4.74 Å². The highest BCUT2D eigenvalue weighted by atomic mass is 16.6. The van der Waals surface area contributed by atoms with E-state index in [2.05, 4.69) is 0 Å². The quantitative estimate of drug-likeness (QED) is 0.664. The molecule has 0 heterocycles. The largest absolute Gasteiger partial charge is 0.457 e. The first kappa shape index (κ1) is 12.1. The summed E-state index contributed by atoms with van der Waals surface area (Å²) in [4.78, 5) is 10.0. The molecule has 0 spiro atoms. The molecule has 0 aromatic heterocycles. The minimum atomic E-state index is -0.467. The number of nitro groups is 1. The molecule has 0 unspecified atom stereocenters. The van der Waals surface area contributed by atoms with Gasteiger partial charge in [-0.3, -0.25) is 10.1 Å². The number of ether oxygens (including phenoxy) is 1. The van der Waals surface area contributed by atoms with Crippen LogP contribution in [0.3, 0.4) is 0 Å². The number of nitrogens with zero attached hydrogens (tertiary/aromatic N) is 1. The van der Waals surface area contributed by atoms with E-state index in [4.69, 9.17) is 9.84 Å². The lowest BCUT2D eigenvalue weighted by Gasteiger charge is -2.08. The Balaban J connectivity index is 2.21. The van der Waals surface area contributed by atoms with E-state index in [9.17, 15) is 10.1 Å². The summed E-state index contributed by atoms with van der Waals surface area (Å²) in [5.74, 6) is 1.02. The number of hydrogen-bond donors (Lipinski definition) is 1. The highest BCUT2D eigenvalue weighted by molar-refractivity contribution is 5.41. The number of para-hydroxylation sites is 1. The number of hydrogen-bond acceptors (Lipinski definition) is 4. The van der Waals surface area contributed by atoms with Crippen LogP contribution in [0, 0.1) is 10.1 Å². The van der Waals surface area contributed by atoms with Crippen LogP contribution in [0.5, 0.6) is 11.5 Å². The molecule has 2 aromatic rings. The van der Waals surface area contributed by atoms with E-state index >= 15 is 0 Å². The molecule has 0 radical (unpaired) electrons. The summed E-state index contributed by atoms with van der Waals surface area (Å²) in [5, 5.41) is 19.6. The summed E-state index contributed by atoms with van der Waals surface area (Å²) in [7, 11) is 0. The van der Waals surface area contributed by atoms with E-state index in [0.29, 0.717) is 17.1 Å². The molecule has 0 aliphatic rings. The van der Waals surface area contributed by atoms with Crippen molar-refractivity contribution in [2.75, 3.05) is 0 Å². The zero-order chi connectivity index (χ0) is 13.0. The van der Waals surface area contributed by atoms with Crippen LogP contribution in [0.15, 0.2) is 48.5 Å². The molecule has 0 aliphatic heterocycles. The van der Waals surface area contributed by atoms with Gasteiger partial charge in [-0.25, -0.2) is 0 Å². The van der Waals surface area contributed by atoms with E-state index in [-0.39, 0.29) is 12.3 Å². The van der Waals surface area contributed by atoms with Crippen molar-refractivity contribution >= 4 is 5.69 Å². The Kier molecular flexibility index (Phi) is 3.54. The summed E-state index contributed by atoms with van der Waals surface area (Å²) < 4.78 is 5.55. The van der Waals surface area contributed by atoms with E-state index in [0.717, 1.165) is 0 Å². The molecule has 5 heteroatoms. The third-order valence-corrected chi connectivity index (χ3v) is 2.42. The third kappa shape index (κ3) is 2.64. The normalized spacial score (nSPS) is 10.1. The summed E-state index contributed by atoms with van der Waals surface area (Å²) in [6, 6.07) is 12.9. The molecule has 18 heavy (non-hydrogen) atoms. The fourth-order valence-electron chi connectivity index (χ4n) is 1.50. The summed E-state index contributed by atoms with van der Waals surface area (Å²) in [6.45, 7) is -0.122. The average molecular weight is 245 g/mol. The predicted molar refractivity (Wildman–Crippen MR) is 65.5 cm³/mol. The van der Waals surface area contributed by atoms with Gasteiger partial charge >= 0.3 is 0 Å². The Labute approximate surface area is 103 Å². The topological polar surface area (TPSA) is 72.6 Å². The van der Waals surface area contributed by atoms with Crippen molar-refractivity contribution in [3.63, 3.8) is 0 Å². The van der Waals surface area contributed by atoms with Crippen molar-refractivity contribution in [2.45, 2.75) is 6.61 Å². The summed E-state index contributed by atoms with van der Waals surface area (Å²) in [6.07, 6.45) is 0. The van der Waals surface area contributed by atoms with Gasteiger partial charge in [0.1, 0.15) is 11.5 Å². The molecule has 2 aromatic carbocycles. The molecule has 5 nitrogen and oxygen atoms in total. The van der Waals surface area contributed by atoms with Crippen molar-refractivity contribution in [1.82, 2.24) is 0 Å². The van der Waals surface area contributed by atoms with Crippen LogP contribution in [-0.4, -0.2) is 10.0 Å².